The van der Waals surface area contributed by atoms with Crippen molar-refractivity contribution >= 4 is 43.3 Å². The lowest BCUT2D eigenvalue weighted by Crippen LogP contribution is -2.48. The van der Waals surface area contributed by atoms with E-state index in [1.165, 1.54) is 27.8 Å². The topological polar surface area (TPSA) is 123 Å². The summed E-state index contributed by atoms with van der Waals surface area (Å²) < 4.78 is 29.2. The largest absolute Gasteiger partial charge is 0.354 e. The van der Waals surface area contributed by atoms with Crippen LogP contribution in [0.1, 0.15) is 41.9 Å². The number of amides is 2. The number of fused-ring (bicyclic) bond motifs is 1. The zero-order valence-corrected chi connectivity index (χ0v) is 25.0. The summed E-state index contributed by atoms with van der Waals surface area (Å²) in [6.07, 6.45) is 0.836. The van der Waals surface area contributed by atoms with Gasteiger partial charge in [-0.05, 0) is 62.5 Å². The molecule has 3 rings (SSSR count). The van der Waals surface area contributed by atoms with Crippen molar-refractivity contribution in [1.29, 1.82) is 5.26 Å². The lowest BCUT2D eigenvalue weighted by Gasteiger charge is -2.25. The summed E-state index contributed by atoms with van der Waals surface area (Å²) in [5.41, 5.74) is 0.0940. The molecule has 2 aromatic carbocycles. The molecule has 1 heterocycles. The molecule has 1 atom stereocenters. The number of sulfonamides is 1. The second kappa shape index (κ2) is 14.4. The molecule has 2 amide bonds. The molecule has 214 valence electrons. The third-order valence-electron chi connectivity index (χ3n) is 6.28. The maximum atomic E-state index is 13.4. The Labute approximate surface area is 240 Å². The first kappa shape index (κ1) is 31.2. The molecule has 3 aromatic rings. The van der Waals surface area contributed by atoms with Gasteiger partial charge in [-0.1, -0.05) is 44.2 Å². The highest BCUT2D eigenvalue weighted by atomic mass is 32.2. The van der Waals surface area contributed by atoms with Gasteiger partial charge in [0.1, 0.15) is 12.1 Å². The van der Waals surface area contributed by atoms with Gasteiger partial charge in [-0.3, -0.25) is 9.59 Å². The van der Waals surface area contributed by atoms with Gasteiger partial charge in [0.2, 0.25) is 15.9 Å². The standard InChI is InChI=1S/C29H37N5O4S2/c1-21(2)18-24(32-29(36)26-19-22-10-5-7-12-25(22)39-26)28(35)31-14-9-15-34(17-16-33(3)4)40(37,38)27-13-8-6-11-23(27)20-30/h5-8,10-13,19,21,24H,9,14-18H2,1-4H3,(H,31,35)(H,32,36)/t24-/m0/s1. The summed E-state index contributed by atoms with van der Waals surface area (Å²) in [7, 11) is -0.200. The number of carbonyl (C=O) groups excluding carboxylic acids is 2. The molecular formula is C29H37N5O4S2. The van der Waals surface area contributed by atoms with Crippen LogP contribution in [-0.2, 0) is 14.8 Å². The van der Waals surface area contributed by atoms with E-state index in [0.29, 0.717) is 24.3 Å². The first-order valence-corrected chi connectivity index (χ1v) is 15.5. The predicted octanol–water partition coefficient (Wildman–Crippen LogP) is 3.68. The van der Waals surface area contributed by atoms with Crippen molar-refractivity contribution in [2.75, 3.05) is 40.3 Å². The van der Waals surface area contributed by atoms with Crippen LogP contribution in [0.4, 0.5) is 0 Å². The van der Waals surface area contributed by atoms with Crippen molar-refractivity contribution in [3.8, 4) is 6.07 Å². The van der Waals surface area contributed by atoms with Crippen LogP contribution >= 0.6 is 11.3 Å². The Morgan fingerprint density at radius 1 is 1.02 bits per heavy atom. The Hall–Kier alpha value is -3.30. The number of hydrogen-bond donors (Lipinski definition) is 2. The molecule has 11 heteroatoms. The number of carbonyl (C=O) groups is 2. The van der Waals surface area contributed by atoms with E-state index >= 15 is 0 Å². The van der Waals surface area contributed by atoms with Gasteiger partial charge in [-0.2, -0.15) is 9.57 Å². The Balaban J connectivity index is 1.64. The quantitative estimate of drug-likeness (QED) is 0.279. The number of thiophene rings is 1. The molecule has 0 saturated carbocycles. The van der Waals surface area contributed by atoms with Crippen LogP contribution in [0.25, 0.3) is 10.1 Å². The zero-order chi connectivity index (χ0) is 29.3. The minimum absolute atomic E-state index is 0.0266. The van der Waals surface area contributed by atoms with Crippen molar-refractivity contribution in [2.45, 2.75) is 37.6 Å². The number of likely N-dealkylation sites (N-methyl/N-ethyl adjacent to an activating group) is 1. The maximum Gasteiger partial charge on any atom is 0.262 e. The van der Waals surface area contributed by atoms with Gasteiger partial charge in [0.15, 0.2) is 0 Å². The van der Waals surface area contributed by atoms with E-state index < -0.39 is 16.1 Å². The summed E-state index contributed by atoms with van der Waals surface area (Å²) in [4.78, 5) is 28.5. The normalized spacial score (nSPS) is 12.6. The second-order valence-corrected chi connectivity index (χ2v) is 13.3. The third kappa shape index (κ3) is 8.35. The average Bonchev–Trinajstić information content (AvgIpc) is 3.36. The number of nitrogens with one attached hydrogen (secondary N) is 2. The molecule has 0 unspecified atom stereocenters. The molecular weight excluding hydrogens is 546 g/mol. The van der Waals surface area contributed by atoms with Crippen molar-refractivity contribution < 1.29 is 18.0 Å². The fraction of sp³-hybridized carbons (Fsp3) is 0.414. The van der Waals surface area contributed by atoms with E-state index in [9.17, 15) is 23.3 Å². The van der Waals surface area contributed by atoms with Gasteiger partial charge >= 0.3 is 0 Å². The fourth-order valence-corrected chi connectivity index (χ4v) is 6.78. The molecule has 0 saturated heterocycles. The summed E-state index contributed by atoms with van der Waals surface area (Å²) in [6, 6.07) is 17.0. The van der Waals surface area contributed by atoms with Crippen molar-refractivity contribution in [2.24, 2.45) is 5.92 Å². The molecule has 40 heavy (non-hydrogen) atoms. The van der Waals surface area contributed by atoms with E-state index in [-0.39, 0.29) is 47.8 Å². The van der Waals surface area contributed by atoms with Gasteiger partial charge in [-0.25, -0.2) is 8.42 Å². The van der Waals surface area contributed by atoms with Gasteiger partial charge in [-0.15, -0.1) is 11.3 Å². The van der Waals surface area contributed by atoms with Crippen LogP contribution in [0.3, 0.4) is 0 Å². The summed E-state index contributed by atoms with van der Waals surface area (Å²) in [6.45, 7) is 5.11. The van der Waals surface area contributed by atoms with E-state index in [2.05, 4.69) is 10.6 Å². The van der Waals surface area contributed by atoms with E-state index in [1.54, 1.807) is 12.1 Å². The Bertz CT molecular complexity index is 1430. The Morgan fingerprint density at radius 2 is 1.73 bits per heavy atom. The highest BCUT2D eigenvalue weighted by molar-refractivity contribution is 7.89. The lowest BCUT2D eigenvalue weighted by molar-refractivity contribution is -0.123. The van der Waals surface area contributed by atoms with Crippen LogP contribution in [0, 0.1) is 17.2 Å². The Kier molecular flexibility index (Phi) is 11.2. The maximum absolute atomic E-state index is 13.4. The predicted molar refractivity (Wildman–Crippen MR) is 159 cm³/mol. The molecule has 0 bridgehead atoms. The average molecular weight is 584 g/mol. The minimum atomic E-state index is -3.91. The van der Waals surface area contributed by atoms with Gasteiger partial charge in [0.25, 0.3) is 5.91 Å². The number of hydrogen-bond acceptors (Lipinski definition) is 7. The summed E-state index contributed by atoms with van der Waals surface area (Å²) in [5.74, 6) is -0.426. The Morgan fingerprint density at radius 3 is 2.40 bits per heavy atom. The lowest BCUT2D eigenvalue weighted by atomic mass is 10.0. The smallest absolute Gasteiger partial charge is 0.262 e. The molecule has 0 radical (unpaired) electrons. The van der Waals surface area contributed by atoms with Gasteiger partial charge < -0.3 is 15.5 Å². The van der Waals surface area contributed by atoms with Crippen LogP contribution in [0.5, 0.6) is 0 Å². The zero-order valence-electron chi connectivity index (χ0n) is 23.4. The van der Waals surface area contributed by atoms with Crippen molar-refractivity contribution in [1.82, 2.24) is 19.8 Å². The van der Waals surface area contributed by atoms with Crippen molar-refractivity contribution in [3.05, 3.63) is 65.0 Å². The summed E-state index contributed by atoms with van der Waals surface area (Å²) >= 11 is 1.38. The van der Waals surface area contributed by atoms with Gasteiger partial charge in [0, 0.05) is 30.9 Å². The third-order valence-corrected chi connectivity index (χ3v) is 9.36. The number of nitrogens with zero attached hydrogens (tertiary/aromatic N) is 3. The number of benzene rings is 2. The molecule has 0 aliphatic carbocycles. The molecule has 1 aromatic heterocycles. The number of nitriles is 1. The molecule has 0 fully saturated rings. The monoisotopic (exact) mass is 583 g/mol. The summed E-state index contributed by atoms with van der Waals surface area (Å²) in [5, 5.41) is 16.2. The van der Waals surface area contributed by atoms with Gasteiger partial charge in [0.05, 0.1) is 15.3 Å². The highest BCUT2D eigenvalue weighted by Gasteiger charge is 2.27. The van der Waals surface area contributed by atoms with E-state index in [1.807, 2.05) is 69.2 Å². The molecule has 0 spiro atoms. The number of rotatable bonds is 14. The first-order valence-electron chi connectivity index (χ1n) is 13.2. The first-order chi connectivity index (χ1) is 19.0. The van der Waals surface area contributed by atoms with E-state index in [0.717, 1.165) is 10.1 Å². The molecule has 9 nitrogen and oxygen atoms in total. The molecule has 0 aliphatic rings. The van der Waals surface area contributed by atoms with E-state index in [4.69, 9.17) is 0 Å². The van der Waals surface area contributed by atoms with Crippen LogP contribution in [0.15, 0.2) is 59.5 Å². The van der Waals surface area contributed by atoms with Crippen LogP contribution in [0.2, 0.25) is 0 Å². The minimum Gasteiger partial charge on any atom is -0.354 e. The van der Waals surface area contributed by atoms with Crippen LogP contribution in [-0.4, -0.2) is 75.8 Å². The highest BCUT2D eigenvalue weighted by Crippen LogP contribution is 2.25. The van der Waals surface area contributed by atoms with Crippen LogP contribution < -0.4 is 10.6 Å². The second-order valence-electron chi connectivity index (χ2n) is 10.3. The molecule has 2 N–H and O–H groups in total. The SMILES string of the molecule is CC(C)C[C@H](NC(=O)c1cc2ccccc2s1)C(=O)NCCCN(CCN(C)C)S(=O)(=O)c1ccccc1C#N. The fourth-order valence-electron chi connectivity index (χ4n) is 4.20. The van der Waals surface area contributed by atoms with Crippen molar-refractivity contribution in [3.63, 3.8) is 0 Å². The molecule has 0 aliphatic heterocycles.